The Balaban J connectivity index is 1.28. The highest BCUT2D eigenvalue weighted by molar-refractivity contribution is 7.13. The lowest BCUT2D eigenvalue weighted by atomic mass is 10.1. The number of carbonyl (C=O) groups is 1. The van der Waals surface area contributed by atoms with E-state index >= 15 is 0 Å². The van der Waals surface area contributed by atoms with Gasteiger partial charge in [-0.3, -0.25) is 15.0 Å². The summed E-state index contributed by atoms with van der Waals surface area (Å²) in [4.78, 5) is 21.0. The van der Waals surface area contributed by atoms with Crippen molar-refractivity contribution in [3.8, 4) is 11.3 Å². The topological polar surface area (TPSA) is 74.5 Å². The molecule has 8 heteroatoms. The highest BCUT2D eigenvalue weighted by Crippen LogP contribution is 2.22. The van der Waals surface area contributed by atoms with Gasteiger partial charge >= 0.3 is 0 Å². The molecule has 140 valence electrons. The van der Waals surface area contributed by atoms with E-state index in [0.717, 1.165) is 36.9 Å². The molecule has 0 atom stereocenters. The van der Waals surface area contributed by atoms with E-state index in [9.17, 15) is 4.79 Å². The Morgan fingerprint density at radius 3 is 2.70 bits per heavy atom. The first-order valence-electron chi connectivity index (χ1n) is 8.88. The van der Waals surface area contributed by atoms with Crippen LogP contribution in [0.25, 0.3) is 11.3 Å². The zero-order valence-corrected chi connectivity index (χ0v) is 15.9. The number of aryl methyl sites for hydroxylation is 1. The molecule has 1 saturated heterocycles. The molecule has 3 aromatic rings. The Labute approximate surface area is 161 Å². The fraction of sp³-hybridized carbons (Fsp3) is 0.316. The van der Waals surface area contributed by atoms with Crippen molar-refractivity contribution >= 4 is 28.3 Å². The molecule has 0 unspecified atom stereocenters. The third kappa shape index (κ3) is 4.35. The van der Waals surface area contributed by atoms with Crippen LogP contribution in [0, 0.1) is 6.92 Å². The van der Waals surface area contributed by atoms with Crippen molar-refractivity contribution in [2.24, 2.45) is 0 Å². The average Bonchev–Trinajstić information content (AvgIpc) is 3.35. The van der Waals surface area contributed by atoms with Crippen LogP contribution >= 0.6 is 11.3 Å². The molecular formula is C19H21N5O2S. The van der Waals surface area contributed by atoms with E-state index in [1.165, 1.54) is 5.56 Å². The van der Waals surface area contributed by atoms with Gasteiger partial charge in [0.1, 0.15) is 5.69 Å². The van der Waals surface area contributed by atoms with Crippen molar-refractivity contribution in [3.05, 3.63) is 47.5 Å². The van der Waals surface area contributed by atoms with Gasteiger partial charge < -0.3 is 9.42 Å². The third-order valence-electron chi connectivity index (χ3n) is 4.55. The van der Waals surface area contributed by atoms with Crippen molar-refractivity contribution in [1.29, 1.82) is 0 Å². The first-order chi connectivity index (χ1) is 13.2. The zero-order valence-electron chi connectivity index (χ0n) is 15.1. The van der Waals surface area contributed by atoms with E-state index in [0.29, 0.717) is 18.1 Å². The van der Waals surface area contributed by atoms with Gasteiger partial charge in [0.2, 0.25) is 11.8 Å². The number of hydrogen-bond acceptors (Lipinski definition) is 7. The number of rotatable bonds is 5. The van der Waals surface area contributed by atoms with Crippen LogP contribution in [0.1, 0.15) is 5.56 Å². The Morgan fingerprint density at radius 2 is 2.00 bits per heavy atom. The Bertz CT molecular complexity index is 883. The molecule has 0 bridgehead atoms. The summed E-state index contributed by atoms with van der Waals surface area (Å²) in [6.45, 7) is 5.79. The normalized spacial score (nSPS) is 15.1. The smallest absolute Gasteiger partial charge is 0.240 e. The fourth-order valence-electron chi connectivity index (χ4n) is 3.04. The largest absolute Gasteiger partial charge is 0.346 e. The molecule has 4 rings (SSSR count). The standard InChI is InChI=1S/C19H21N5O2S/c1-14-2-4-15(5-3-14)16-12-18(26-22-16)21-17(25)13-23-7-9-24(10-8-23)19-20-6-11-27-19/h2-6,11-12H,7-10,13H2,1H3,(H,21,25). The van der Waals surface area contributed by atoms with E-state index in [-0.39, 0.29) is 5.91 Å². The first kappa shape index (κ1) is 17.7. The van der Waals surface area contributed by atoms with Gasteiger partial charge in [-0.25, -0.2) is 4.98 Å². The predicted octanol–water partition coefficient (Wildman–Crippen LogP) is 2.87. The van der Waals surface area contributed by atoms with Gasteiger partial charge in [-0.15, -0.1) is 11.3 Å². The highest BCUT2D eigenvalue weighted by Gasteiger charge is 2.21. The third-order valence-corrected chi connectivity index (χ3v) is 5.38. The number of piperazine rings is 1. The van der Waals surface area contributed by atoms with Crippen molar-refractivity contribution < 1.29 is 9.32 Å². The molecule has 0 aliphatic carbocycles. The van der Waals surface area contributed by atoms with Gasteiger partial charge in [0.25, 0.3) is 0 Å². The summed E-state index contributed by atoms with van der Waals surface area (Å²) in [7, 11) is 0. The Kier molecular flexibility index (Phi) is 5.17. The number of benzene rings is 1. The Hall–Kier alpha value is -2.71. The van der Waals surface area contributed by atoms with E-state index in [1.807, 2.05) is 42.8 Å². The molecule has 27 heavy (non-hydrogen) atoms. The first-order valence-corrected chi connectivity index (χ1v) is 9.76. The summed E-state index contributed by atoms with van der Waals surface area (Å²) < 4.78 is 5.26. The van der Waals surface area contributed by atoms with Gasteiger partial charge in [0, 0.05) is 49.4 Å². The molecule has 3 heterocycles. The second kappa shape index (κ2) is 7.89. The predicted molar refractivity (Wildman–Crippen MR) is 106 cm³/mol. The van der Waals surface area contributed by atoms with Crippen LogP contribution in [-0.2, 0) is 4.79 Å². The molecule has 1 amide bonds. The Morgan fingerprint density at radius 1 is 1.22 bits per heavy atom. The van der Waals surface area contributed by atoms with Crippen molar-refractivity contribution in [2.75, 3.05) is 42.9 Å². The van der Waals surface area contributed by atoms with Crippen molar-refractivity contribution in [3.63, 3.8) is 0 Å². The molecule has 7 nitrogen and oxygen atoms in total. The summed E-state index contributed by atoms with van der Waals surface area (Å²) in [6.07, 6.45) is 1.82. The van der Waals surface area contributed by atoms with Gasteiger partial charge in [-0.05, 0) is 6.92 Å². The number of carbonyl (C=O) groups excluding carboxylic acids is 1. The van der Waals surface area contributed by atoms with E-state index in [2.05, 4.69) is 25.3 Å². The molecule has 1 aliphatic heterocycles. The van der Waals surface area contributed by atoms with Crippen LogP contribution in [-0.4, -0.2) is 53.7 Å². The molecule has 0 spiro atoms. The van der Waals surface area contributed by atoms with Crippen molar-refractivity contribution in [2.45, 2.75) is 6.92 Å². The fourth-order valence-corrected chi connectivity index (χ4v) is 3.74. The monoisotopic (exact) mass is 383 g/mol. The molecule has 1 aromatic carbocycles. The second-order valence-corrected chi connectivity index (χ2v) is 7.44. The number of thiazole rings is 1. The minimum Gasteiger partial charge on any atom is -0.346 e. The lowest BCUT2D eigenvalue weighted by molar-refractivity contribution is -0.117. The zero-order chi connectivity index (χ0) is 18.6. The lowest BCUT2D eigenvalue weighted by Crippen LogP contribution is -2.48. The average molecular weight is 383 g/mol. The van der Waals surface area contributed by atoms with Crippen LogP contribution < -0.4 is 10.2 Å². The van der Waals surface area contributed by atoms with Gasteiger partial charge in [-0.2, -0.15) is 0 Å². The minimum atomic E-state index is -0.0932. The maximum Gasteiger partial charge on any atom is 0.240 e. The summed E-state index contributed by atoms with van der Waals surface area (Å²) in [6, 6.07) is 9.77. The number of aromatic nitrogens is 2. The van der Waals surface area contributed by atoms with Crippen LogP contribution in [0.3, 0.4) is 0 Å². The van der Waals surface area contributed by atoms with Crippen LogP contribution in [0.15, 0.2) is 46.4 Å². The van der Waals surface area contributed by atoms with E-state index < -0.39 is 0 Å². The molecule has 1 N–H and O–H groups in total. The molecule has 2 aromatic heterocycles. The van der Waals surface area contributed by atoms with E-state index in [4.69, 9.17) is 4.52 Å². The van der Waals surface area contributed by atoms with Gasteiger partial charge in [0.05, 0.1) is 6.54 Å². The minimum absolute atomic E-state index is 0.0932. The molecular weight excluding hydrogens is 362 g/mol. The molecule has 0 saturated carbocycles. The maximum atomic E-state index is 12.3. The van der Waals surface area contributed by atoms with Crippen LogP contribution in [0.2, 0.25) is 0 Å². The SMILES string of the molecule is Cc1ccc(-c2cc(NC(=O)CN3CCN(c4nccs4)CC3)on2)cc1. The summed E-state index contributed by atoms with van der Waals surface area (Å²) in [5, 5.41) is 9.86. The number of hydrogen-bond donors (Lipinski definition) is 1. The molecule has 1 aliphatic rings. The maximum absolute atomic E-state index is 12.3. The van der Waals surface area contributed by atoms with E-state index in [1.54, 1.807) is 17.4 Å². The quantitative estimate of drug-likeness (QED) is 0.730. The summed E-state index contributed by atoms with van der Waals surface area (Å²) in [5.41, 5.74) is 2.86. The number of amides is 1. The van der Waals surface area contributed by atoms with Crippen molar-refractivity contribution in [1.82, 2.24) is 15.0 Å². The molecule has 1 fully saturated rings. The van der Waals surface area contributed by atoms with Gasteiger partial charge in [0.15, 0.2) is 5.13 Å². The summed E-state index contributed by atoms with van der Waals surface area (Å²) in [5.74, 6) is 0.279. The summed E-state index contributed by atoms with van der Waals surface area (Å²) >= 11 is 1.65. The lowest BCUT2D eigenvalue weighted by Gasteiger charge is -2.33. The number of anilines is 2. The highest BCUT2D eigenvalue weighted by atomic mass is 32.1. The van der Waals surface area contributed by atoms with Crippen LogP contribution in [0.5, 0.6) is 0 Å². The van der Waals surface area contributed by atoms with Crippen LogP contribution in [0.4, 0.5) is 11.0 Å². The second-order valence-electron chi connectivity index (χ2n) is 6.57. The molecule has 0 radical (unpaired) electrons. The number of nitrogens with zero attached hydrogens (tertiary/aromatic N) is 4. The van der Waals surface area contributed by atoms with Gasteiger partial charge in [-0.1, -0.05) is 35.0 Å². The number of nitrogens with one attached hydrogen (secondary N) is 1.